The Hall–Kier alpha value is -1.87. The molecule has 24 heavy (non-hydrogen) atoms. The Labute approximate surface area is 147 Å². The van der Waals surface area contributed by atoms with Crippen LogP contribution in [0.25, 0.3) is 10.2 Å². The number of nitrogens with zero attached hydrogens (tertiary/aromatic N) is 2. The second-order valence-electron chi connectivity index (χ2n) is 5.15. The molecule has 2 rings (SSSR count). The van der Waals surface area contributed by atoms with Crippen LogP contribution in [0, 0.1) is 13.8 Å². The summed E-state index contributed by atoms with van der Waals surface area (Å²) in [5, 5.41) is 6.13. The fourth-order valence-electron chi connectivity index (χ4n) is 2.15. The average Bonchev–Trinajstić information content (AvgIpc) is 2.85. The molecule has 9 heteroatoms. The summed E-state index contributed by atoms with van der Waals surface area (Å²) in [7, 11) is 1.51. The number of nitrogens with one attached hydrogen (secondary N) is 2. The van der Waals surface area contributed by atoms with E-state index in [9.17, 15) is 14.4 Å². The number of hydrogen-bond donors (Lipinski definition) is 2. The van der Waals surface area contributed by atoms with Crippen LogP contribution in [0.4, 0.5) is 0 Å². The van der Waals surface area contributed by atoms with Crippen LogP contribution in [0.3, 0.4) is 0 Å². The minimum atomic E-state index is -0.279. The number of amides is 2. The van der Waals surface area contributed by atoms with Gasteiger partial charge in [-0.2, -0.15) is 0 Å². The molecular formula is C15H20N4O3S2. The van der Waals surface area contributed by atoms with Crippen molar-refractivity contribution >= 4 is 45.1 Å². The number of likely N-dealkylation sites (N-methyl/N-ethyl adjacent to an activating group) is 1. The van der Waals surface area contributed by atoms with Gasteiger partial charge in [-0.3, -0.25) is 19.0 Å². The minimum absolute atomic E-state index is 0.0632. The maximum atomic E-state index is 12.7. The second-order valence-corrected chi connectivity index (χ2v) is 7.29. The van der Waals surface area contributed by atoms with Gasteiger partial charge in [-0.1, -0.05) is 11.8 Å². The number of aryl methyl sites for hydroxylation is 2. The molecule has 0 spiro atoms. The molecule has 0 bridgehead atoms. The van der Waals surface area contributed by atoms with Gasteiger partial charge in [-0.25, -0.2) is 4.98 Å². The molecule has 2 amide bonds. The summed E-state index contributed by atoms with van der Waals surface area (Å²) in [5.74, 6) is -0.444. The molecule has 2 aromatic heterocycles. The number of thioether (sulfide) groups is 1. The molecule has 2 N–H and O–H groups in total. The molecule has 0 unspecified atom stereocenters. The number of carbonyl (C=O) groups excluding carboxylic acids is 2. The number of fused-ring (bicyclic) bond motifs is 1. The Morgan fingerprint density at radius 1 is 1.29 bits per heavy atom. The van der Waals surface area contributed by atoms with E-state index in [0.717, 1.165) is 10.4 Å². The normalized spacial score (nSPS) is 10.8. The van der Waals surface area contributed by atoms with Crippen LogP contribution in [0.5, 0.6) is 0 Å². The highest BCUT2D eigenvalue weighted by Crippen LogP contribution is 2.28. The smallest absolute Gasteiger partial charge is 0.263 e. The number of aromatic nitrogens is 2. The molecule has 0 aliphatic rings. The Morgan fingerprint density at radius 2 is 2.00 bits per heavy atom. The SMILES string of the molecule is CCn1c(SCC(=O)NCC(=O)NC)nc2sc(C)c(C)c2c1=O. The van der Waals surface area contributed by atoms with Crippen molar-refractivity contribution in [3.8, 4) is 0 Å². The molecular weight excluding hydrogens is 348 g/mol. The van der Waals surface area contributed by atoms with Crippen LogP contribution in [0.2, 0.25) is 0 Å². The number of thiophene rings is 1. The highest BCUT2D eigenvalue weighted by molar-refractivity contribution is 7.99. The van der Waals surface area contributed by atoms with E-state index in [1.807, 2.05) is 20.8 Å². The van der Waals surface area contributed by atoms with E-state index in [2.05, 4.69) is 15.6 Å². The van der Waals surface area contributed by atoms with Gasteiger partial charge in [0.2, 0.25) is 11.8 Å². The Morgan fingerprint density at radius 3 is 2.62 bits per heavy atom. The Kier molecular flexibility index (Phi) is 6.00. The monoisotopic (exact) mass is 368 g/mol. The molecule has 0 saturated carbocycles. The molecule has 0 aromatic carbocycles. The molecule has 2 heterocycles. The van der Waals surface area contributed by atoms with Crippen molar-refractivity contribution in [3.05, 3.63) is 20.8 Å². The number of hydrogen-bond acceptors (Lipinski definition) is 6. The summed E-state index contributed by atoms with van der Waals surface area (Å²) in [6, 6.07) is 0. The van der Waals surface area contributed by atoms with Crippen molar-refractivity contribution in [1.29, 1.82) is 0 Å². The average molecular weight is 368 g/mol. The summed E-state index contributed by atoms with van der Waals surface area (Å²) in [6.07, 6.45) is 0. The fourth-order valence-corrected chi connectivity index (χ4v) is 4.11. The van der Waals surface area contributed by atoms with E-state index in [4.69, 9.17) is 0 Å². The molecule has 130 valence electrons. The van der Waals surface area contributed by atoms with Gasteiger partial charge in [0.05, 0.1) is 17.7 Å². The third-order valence-corrected chi connectivity index (χ3v) is 5.70. The predicted octanol–water partition coefficient (Wildman–Crippen LogP) is 1.05. The zero-order chi connectivity index (χ0) is 17.9. The van der Waals surface area contributed by atoms with E-state index in [1.165, 1.54) is 30.1 Å². The van der Waals surface area contributed by atoms with Crippen molar-refractivity contribution < 1.29 is 9.59 Å². The molecule has 2 aromatic rings. The van der Waals surface area contributed by atoms with Crippen LogP contribution in [0.1, 0.15) is 17.4 Å². The summed E-state index contributed by atoms with van der Waals surface area (Å²) < 4.78 is 1.58. The fraction of sp³-hybridized carbons (Fsp3) is 0.467. The Bertz CT molecular complexity index is 841. The van der Waals surface area contributed by atoms with E-state index in [1.54, 1.807) is 4.57 Å². The lowest BCUT2D eigenvalue weighted by Crippen LogP contribution is -2.36. The van der Waals surface area contributed by atoms with E-state index >= 15 is 0 Å². The topological polar surface area (TPSA) is 93.1 Å². The second kappa shape index (κ2) is 7.80. The molecule has 0 atom stereocenters. The first-order valence-corrected chi connectivity index (χ1v) is 9.29. The summed E-state index contributed by atoms with van der Waals surface area (Å²) in [5.41, 5.74) is 0.896. The molecule has 0 aliphatic heterocycles. The Balaban J connectivity index is 2.21. The number of rotatable bonds is 6. The van der Waals surface area contributed by atoms with E-state index in [0.29, 0.717) is 21.9 Å². The highest BCUT2D eigenvalue weighted by atomic mass is 32.2. The first-order chi connectivity index (χ1) is 11.4. The predicted molar refractivity (Wildman–Crippen MR) is 96.8 cm³/mol. The quantitative estimate of drug-likeness (QED) is 0.587. The van der Waals surface area contributed by atoms with Crippen molar-refractivity contribution in [2.75, 3.05) is 19.3 Å². The molecule has 0 saturated heterocycles. The van der Waals surface area contributed by atoms with Crippen molar-refractivity contribution in [2.45, 2.75) is 32.5 Å². The first kappa shape index (κ1) is 18.5. The van der Waals surface area contributed by atoms with E-state index in [-0.39, 0.29) is 29.7 Å². The van der Waals surface area contributed by atoms with Gasteiger partial charge in [0.15, 0.2) is 5.16 Å². The molecule has 0 radical (unpaired) electrons. The van der Waals surface area contributed by atoms with E-state index < -0.39 is 0 Å². The van der Waals surface area contributed by atoms with Gasteiger partial charge in [-0.15, -0.1) is 11.3 Å². The van der Waals surface area contributed by atoms with Crippen LogP contribution in [0.15, 0.2) is 9.95 Å². The summed E-state index contributed by atoms with van der Waals surface area (Å²) >= 11 is 2.68. The molecule has 7 nitrogen and oxygen atoms in total. The van der Waals surface area contributed by atoms with Crippen molar-refractivity contribution in [1.82, 2.24) is 20.2 Å². The van der Waals surface area contributed by atoms with Crippen LogP contribution >= 0.6 is 23.1 Å². The van der Waals surface area contributed by atoms with Gasteiger partial charge < -0.3 is 10.6 Å². The number of carbonyl (C=O) groups is 2. The third kappa shape index (κ3) is 3.78. The minimum Gasteiger partial charge on any atom is -0.358 e. The lowest BCUT2D eigenvalue weighted by atomic mass is 10.2. The first-order valence-electron chi connectivity index (χ1n) is 7.49. The maximum absolute atomic E-state index is 12.7. The van der Waals surface area contributed by atoms with Crippen LogP contribution in [-0.4, -0.2) is 40.7 Å². The van der Waals surface area contributed by atoms with Gasteiger partial charge in [0.25, 0.3) is 5.56 Å². The maximum Gasteiger partial charge on any atom is 0.263 e. The van der Waals surface area contributed by atoms with Crippen molar-refractivity contribution in [2.24, 2.45) is 0 Å². The summed E-state index contributed by atoms with van der Waals surface area (Å²) in [6.45, 7) is 6.19. The van der Waals surface area contributed by atoms with Crippen LogP contribution < -0.4 is 16.2 Å². The van der Waals surface area contributed by atoms with Gasteiger partial charge >= 0.3 is 0 Å². The van der Waals surface area contributed by atoms with Gasteiger partial charge in [0, 0.05) is 18.5 Å². The third-order valence-electron chi connectivity index (χ3n) is 3.63. The largest absolute Gasteiger partial charge is 0.358 e. The zero-order valence-corrected chi connectivity index (χ0v) is 15.7. The van der Waals surface area contributed by atoms with Crippen LogP contribution in [-0.2, 0) is 16.1 Å². The molecule has 0 fully saturated rings. The zero-order valence-electron chi connectivity index (χ0n) is 14.1. The van der Waals surface area contributed by atoms with Gasteiger partial charge in [0.1, 0.15) is 4.83 Å². The lowest BCUT2D eigenvalue weighted by Gasteiger charge is -2.10. The van der Waals surface area contributed by atoms with Crippen molar-refractivity contribution in [3.63, 3.8) is 0 Å². The lowest BCUT2D eigenvalue weighted by molar-refractivity contribution is -0.124. The molecule has 0 aliphatic carbocycles. The summed E-state index contributed by atoms with van der Waals surface area (Å²) in [4.78, 5) is 42.0. The van der Waals surface area contributed by atoms with Gasteiger partial charge in [-0.05, 0) is 26.3 Å². The standard InChI is InChI=1S/C15H20N4O3S2/c1-5-19-14(22)12-8(2)9(3)24-13(12)18-15(19)23-7-11(21)17-6-10(20)16-4/h5-7H2,1-4H3,(H,16,20)(H,17,21). The highest BCUT2D eigenvalue weighted by Gasteiger charge is 2.16.